The number of guanidine groups is 1. The van der Waals surface area contributed by atoms with Crippen LogP contribution in [0.3, 0.4) is 0 Å². The average molecular weight is 563 g/mol. The molecule has 32 heavy (non-hydrogen) atoms. The molecule has 10 nitrogen and oxygen atoms in total. The number of ether oxygens (including phenoxy) is 2. The molecule has 2 fully saturated rings. The number of aromatic nitrogens is 3. The number of esters is 1. The topological polar surface area (TPSA) is 97.1 Å². The Morgan fingerprint density at radius 1 is 1.28 bits per heavy atom. The molecular weight excluding hydrogens is 525 g/mol. The number of morpholine rings is 1. The van der Waals surface area contributed by atoms with E-state index < -0.39 is 0 Å². The van der Waals surface area contributed by atoms with Gasteiger partial charge in [0.2, 0.25) is 0 Å². The quantitative estimate of drug-likeness (QED) is 0.166. The Kier molecular flexibility index (Phi) is 11.7. The van der Waals surface area contributed by atoms with E-state index in [2.05, 4.69) is 25.3 Å². The standard InChI is InChI=1S/C21H37N7O3.HI/c1-4-31-20(29)18-7-5-10-28(16-18)21(23-15-19-25-24-17(2)26(19)3)22-8-6-9-27-11-13-30-14-12-27;/h18H,4-16H2,1-3H3,(H,22,23);1H. The first-order valence-electron chi connectivity index (χ1n) is 11.4. The first-order valence-corrected chi connectivity index (χ1v) is 11.4. The van der Waals surface area contributed by atoms with Crippen LogP contribution < -0.4 is 5.32 Å². The maximum Gasteiger partial charge on any atom is 0.310 e. The number of hydrogen-bond donors (Lipinski definition) is 1. The Hall–Kier alpha value is -1.47. The molecule has 3 rings (SSSR count). The number of nitrogens with zero attached hydrogens (tertiary/aromatic N) is 6. The van der Waals surface area contributed by atoms with E-state index in [4.69, 9.17) is 14.5 Å². The van der Waals surface area contributed by atoms with Gasteiger partial charge in [0.15, 0.2) is 11.8 Å². The van der Waals surface area contributed by atoms with Gasteiger partial charge in [-0.25, -0.2) is 4.99 Å². The van der Waals surface area contributed by atoms with Crippen molar-refractivity contribution in [3.63, 3.8) is 0 Å². The summed E-state index contributed by atoms with van der Waals surface area (Å²) in [7, 11) is 1.95. The van der Waals surface area contributed by atoms with E-state index in [9.17, 15) is 4.79 Å². The highest BCUT2D eigenvalue weighted by Gasteiger charge is 2.28. The van der Waals surface area contributed by atoms with E-state index in [0.717, 1.165) is 82.8 Å². The molecule has 0 aromatic carbocycles. The van der Waals surface area contributed by atoms with Crippen molar-refractivity contribution in [2.75, 3.05) is 59.1 Å². The average Bonchev–Trinajstić information content (AvgIpc) is 3.12. The van der Waals surface area contributed by atoms with E-state index in [-0.39, 0.29) is 35.9 Å². The third-order valence-corrected chi connectivity index (χ3v) is 5.93. The van der Waals surface area contributed by atoms with Crippen LogP contribution in [-0.2, 0) is 27.9 Å². The first kappa shape index (κ1) is 26.8. The molecule has 0 amide bonds. The zero-order chi connectivity index (χ0) is 22.1. The van der Waals surface area contributed by atoms with Crippen LogP contribution in [0.15, 0.2) is 4.99 Å². The summed E-state index contributed by atoms with van der Waals surface area (Å²) in [4.78, 5) is 21.7. The molecule has 1 aromatic rings. The van der Waals surface area contributed by atoms with Crippen molar-refractivity contribution < 1.29 is 14.3 Å². The number of carbonyl (C=O) groups excluding carboxylic acids is 1. The van der Waals surface area contributed by atoms with Crippen molar-refractivity contribution in [3.05, 3.63) is 11.6 Å². The Bertz CT molecular complexity index is 737. The zero-order valence-corrected chi connectivity index (χ0v) is 21.9. The second-order valence-corrected chi connectivity index (χ2v) is 8.13. The summed E-state index contributed by atoms with van der Waals surface area (Å²) in [5.41, 5.74) is 0. The minimum absolute atomic E-state index is 0. The Balaban J connectivity index is 0.00000363. The number of aryl methyl sites for hydroxylation is 1. The Labute approximate surface area is 208 Å². The van der Waals surface area contributed by atoms with Crippen molar-refractivity contribution in [1.82, 2.24) is 29.9 Å². The number of aliphatic imine (C=N–C) groups is 1. The van der Waals surface area contributed by atoms with Gasteiger partial charge in [-0.15, -0.1) is 34.2 Å². The van der Waals surface area contributed by atoms with Crippen LogP contribution in [0, 0.1) is 12.8 Å². The summed E-state index contributed by atoms with van der Waals surface area (Å²) in [5.74, 6) is 2.31. The summed E-state index contributed by atoms with van der Waals surface area (Å²) in [6.45, 7) is 11.7. The van der Waals surface area contributed by atoms with Gasteiger partial charge in [0, 0.05) is 39.8 Å². The number of hydrogen-bond acceptors (Lipinski definition) is 7. The van der Waals surface area contributed by atoms with Gasteiger partial charge in [-0.05, 0) is 39.7 Å². The first-order chi connectivity index (χ1) is 15.1. The van der Waals surface area contributed by atoms with Crippen molar-refractivity contribution in [2.45, 2.75) is 39.7 Å². The van der Waals surface area contributed by atoms with E-state index in [1.165, 1.54) is 0 Å². The van der Waals surface area contributed by atoms with Gasteiger partial charge in [0.25, 0.3) is 0 Å². The third kappa shape index (κ3) is 7.84. The molecule has 1 atom stereocenters. The fourth-order valence-electron chi connectivity index (χ4n) is 3.95. The number of likely N-dealkylation sites (tertiary alicyclic amines) is 1. The lowest BCUT2D eigenvalue weighted by molar-refractivity contribution is -0.149. The number of piperidine rings is 1. The predicted molar refractivity (Wildman–Crippen MR) is 133 cm³/mol. The molecule has 0 radical (unpaired) electrons. The second-order valence-electron chi connectivity index (χ2n) is 8.13. The van der Waals surface area contributed by atoms with Crippen LogP contribution in [0.25, 0.3) is 0 Å². The molecule has 0 bridgehead atoms. The Morgan fingerprint density at radius 2 is 2.06 bits per heavy atom. The van der Waals surface area contributed by atoms with Gasteiger partial charge >= 0.3 is 5.97 Å². The van der Waals surface area contributed by atoms with Crippen LogP contribution in [0.1, 0.15) is 37.8 Å². The number of halogens is 1. The lowest BCUT2D eigenvalue weighted by Gasteiger charge is -2.34. The van der Waals surface area contributed by atoms with Gasteiger partial charge in [-0.3, -0.25) is 9.69 Å². The van der Waals surface area contributed by atoms with E-state index in [0.29, 0.717) is 19.7 Å². The van der Waals surface area contributed by atoms with Gasteiger partial charge in [0.1, 0.15) is 12.4 Å². The monoisotopic (exact) mass is 563 g/mol. The number of nitrogens with one attached hydrogen (secondary N) is 1. The van der Waals surface area contributed by atoms with Crippen molar-refractivity contribution in [2.24, 2.45) is 18.0 Å². The summed E-state index contributed by atoms with van der Waals surface area (Å²) in [5, 5.41) is 11.9. The minimum Gasteiger partial charge on any atom is -0.466 e. The molecule has 1 aromatic heterocycles. The molecule has 2 aliphatic rings. The van der Waals surface area contributed by atoms with Crippen molar-refractivity contribution in [3.8, 4) is 0 Å². The second kappa shape index (κ2) is 13.9. The van der Waals surface area contributed by atoms with Gasteiger partial charge in [0.05, 0.1) is 25.7 Å². The molecule has 3 heterocycles. The highest BCUT2D eigenvalue weighted by molar-refractivity contribution is 14.0. The van der Waals surface area contributed by atoms with Crippen LogP contribution in [0.2, 0.25) is 0 Å². The highest BCUT2D eigenvalue weighted by atomic mass is 127. The summed E-state index contributed by atoms with van der Waals surface area (Å²) in [6, 6.07) is 0. The van der Waals surface area contributed by atoms with Crippen LogP contribution in [0.4, 0.5) is 0 Å². The molecule has 0 spiro atoms. The maximum atomic E-state index is 12.3. The lowest BCUT2D eigenvalue weighted by Crippen LogP contribution is -2.49. The summed E-state index contributed by atoms with van der Waals surface area (Å²) < 4.78 is 12.6. The SMILES string of the molecule is CCOC(=O)C1CCCN(C(=NCc2nnc(C)n2C)NCCCN2CCOCC2)C1.I. The fraction of sp³-hybridized carbons (Fsp3) is 0.810. The van der Waals surface area contributed by atoms with Crippen LogP contribution in [-0.4, -0.2) is 95.6 Å². The number of rotatable bonds is 8. The zero-order valence-electron chi connectivity index (χ0n) is 19.6. The van der Waals surface area contributed by atoms with Crippen molar-refractivity contribution >= 4 is 35.9 Å². The van der Waals surface area contributed by atoms with Gasteiger partial charge < -0.3 is 24.3 Å². The van der Waals surface area contributed by atoms with Crippen molar-refractivity contribution in [1.29, 1.82) is 0 Å². The van der Waals surface area contributed by atoms with Gasteiger partial charge in [-0.1, -0.05) is 0 Å². The molecule has 182 valence electrons. The number of carbonyl (C=O) groups is 1. The minimum atomic E-state index is -0.109. The smallest absolute Gasteiger partial charge is 0.310 e. The van der Waals surface area contributed by atoms with E-state index >= 15 is 0 Å². The lowest BCUT2D eigenvalue weighted by atomic mass is 9.98. The molecule has 1 unspecified atom stereocenters. The normalized spacial score (nSPS) is 20.0. The van der Waals surface area contributed by atoms with Gasteiger partial charge in [-0.2, -0.15) is 0 Å². The summed E-state index contributed by atoms with van der Waals surface area (Å²) >= 11 is 0. The largest absolute Gasteiger partial charge is 0.466 e. The fourth-order valence-corrected chi connectivity index (χ4v) is 3.95. The maximum absolute atomic E-state index is 12.3. The highest BCUT2D eigenvalue weighted by Crippen LogP contribution is 2.18. The summed E-state index contributed by atoms with van der Waals surface area (Å²) in [6.07, 6.45) is 2.83. The molecule has 2 aliphatic heterocycles. The molecule has 2 saturated heterocycles. The molecular formula is C21H38IN7O3. The third-order valence-electron chi connectivity index (χ3n) is 5.93. The van der Waals surface area contributed by atoms with Crippen LogP contribution >= 0.6 is 24.0 Å². The van der Waals surface area contributed by atoms with Crippen LogP contribution in [0.5, 0.6) is 0 Å². The molecule has 11 heteroatoms. The Morgan fingerprint density at radius 3 is 2.75 bits per heavy atom. The predicted octanol–water partition coefficient (Wildman–Crippen LogP) is 1.18. The molecule has 0 aliphatic carbocycles. The van der Waals surface area contributed by atoms with E-state index in [1.54, 1.807) is 0 Å². The molecule has 0 saturated carbocycles. The molecule has 1 N–H and O–H groups in total. The van der Waals surface area contributed by atoms with E-state index in [1.807, 2.05) is 25.5 Å².